The Morgan fingerprint density at radius 2 is 2.09 bits per heavy atom. The SMILES string of the molecule is COc1c(C(C)N(C(=O)O)C(C)(C)C)cc(Cl)c(C)c1C1CO1. The number of halogens is 1. The fourth-order valence-electron chi connectivity index (χ4n) is 3.08. The normalized spacial score (nSPS) is 18.5. The van der Waals surface area contributed by atoms with Crippen LogP contribution in [0.2, 0.25) is 5.02 Å². The van der Waals surface area contributed by atoms with Gasteiger partial charge in [-0.2, -0.15) is 0 Å². The predicted molar refractivity (Wildman–Crippen MR) is 89.5 cm³/mol. The first-order valence-electron chi connectivity index (χ1n) is 7.60. The van der Waals surface area contributed by atoms with Gasteiger partial charge in [-0.25, -0.2) is 4.79 Å². The topological polar surface area (TPSA) is 62.3 Å². The van der Waals surface area contributed by atoms with Gasteiger partial charge in [0.1, 0.15) is 11.9 Å². The minimum atomic E-state index is -0.979. The van der Waals surface area contributed by atoms with E-state index in [0.717, 1.165) is 16.7 Å². The lowest BCUT2D eigenvalue weighted by Gasteiger charge is -2.39. The van der Waals surface area contributed by atoms with Crippen LogP contribution >= 0.6 is 11.6 Å². The van der Waals surface area contributed by atoms with Gasteiger partial charge in [-0.05, 0) is 46.2 Å². The maximum Gasteiger partial charge on any atom is 0.408 e. The largest absolute Gasteiger partial charge is 0.496 e. The quantitative estimate of drug-likeness (QED) is 0.815. The van der Waals surface area contributed by atoms with Crippen LogP contribution in [0.15, 0.2) is 6.07 Å². The third-order valence-electron chi connectivity index (χ3n) is 4.18. The highest BCUT2D eigenvalue weighted by Gasteiger charge is 2.37. The van der Waals surface area contributed by atoms with Crippen LogP contribution in [0.4, 0.5) is 4.79 Å². The molecule has 1 heterocycles. The second-order valence-electron chi connectivity index (χ2n) is 6.84. The number of methoxy groups -OCH3 is 1. The average Bonchev–Trinajstić information content (AvgIpc) is 3.23. The van der Waals surface area contributed by atoms with Gasteiger partial charge in [0.25, 0.3) is 0 Å². The Balaban J connectivity index is 2.60. The molecular weight excluding hydrogens is 318 g/mol. The zero-order chi connectivity index (χ0) is 17.5. The molecule has 0 spiro atoms. The standard InChI is InChI=1S/C17H24ClNO4/c1-9-12(18)7-11(15(22-6)14(9)13-8-23-13)10(2)19(16(20)21)17(3,4)5/h7,10,13H,8H2,1-6H3,(H,20,21). The molecule has 0 aromatic heterocycles. The van der Waals surface area contributed by atoms with E-state index < -0.39 is 17.7 Å². The lowest BCUT2D eigenvalue weighted by atomic mass is 9.94. The molecule has 5 nitrogen and oxygen atoms in total. The molecule has 6 heteroatoms. The van der Waals surface area contributed by atoms with Crippen LogP contribution < -0.4 is 4.74 Å². The molecule has 2 rings (SSSR count). The molecule has 1 aromatic rings. The molecule has 2 atom stereocenters. The van der Waals surface area contributed by atoms with Crippen LogP contribution in [0.1, 0.15) is 56.5 Å². The molecule has 1 saturated heterocycles. The number of nitrogens with zero attached hydrogens (tertiary/aromatic N) is 1. The maximum absolute atomic E-state index is 11.8. The van der Waals surface area contributed by atoms with Gasteiger partial charge in [-0.15, -0.1) is 0 Å². The number of hydrogen-bond donors (Lipinski definition) is 1. The highest BCUT2D eigenvalue weighted by atomic mass is 35.5. The maximum atomic E-state index is 11.8. The molecule has 0 radical (unpaired) electrons. The van der Waals surface area contributed by atoms with Gasteiger partial charge in [0.05, 0.1) is 19.8 Å². The molecule has 1 aliphatic rings. The highest BCUT2D eigenvalue weighted by molar-refractivity contribution is 6.31. The number of carbonyl (C=O) groups is 1. The second kappa shape index (κ2) is 6.21. The summed E-state index contributed by atoms with van der Waals surface area (Å²) in [5.41, 5.74) is 2.04. The zero-order valence-corrected chi connectivity index (χ0v) is 15.2. The number of ether oxygens (including phenoxy) is 2. The Hall–Kier alpha value is -1.46. The molecule has 0 bridgehead atoms. The van der Waals surface area contributed by atoms with Crippen molar-refractivity contribution in [3.8, 4) is 5.75 Å². The molecule has 1 aliphatic heterocycles. The van der Waals surface area contributed by atoms with Crippen molar-refractivity contribution < 1.29 is 19.4 Å². The summed E-state index contributed by atoms with van der Waals surface area (Å²) >= 11 is 6.39. The summed E-state index contributed by atoms with van der Waals surface area (Å²) < 4.78 is 11.0. The van der Waals surface area contributed by atoms with E-state index in [-0.39, 0.29) is 6.10 Å². The van der Waals surface area contributed by atoms with Crippen LogP contribution in [0.5, 0.6) is 5.75 Å². The van der Waals surface area contributed by atoms with E-state index >= 15 is 0 Å². The first-order valence-corrected chi connectivity index (χ1v) is 7.98. The third-order valence-corrected chi connectivity index (χ3v) is 4.57. The third kappa shape index (κ3) is 3.40. The number of epoxide rings is 1. The Labute approximate surface area is 142 Å². The van der Waals surface area contributed by atoms with Gasteiger partial charge in [0, 0.05) is 21.7 Å². The summed E-state index contributed by atoms with van der Waals surface area (Å²) in [4.78, 5) is 13.2. The van der Waals surface area contributed by atoms with Gasteiger partial charge < -0.3 is 14.6 Å². The van der Waals surface area contributed by atoms with Crippen LogP contribution in [-0.4, -0.2) is 35.4 Å². The van der Waals surface area contributed by atoms with Gasteiger partial charge in [0.2, 0.25) is 0 Å². The number of carboxylic acid groups (broad SMARTS) is 1. The van der Waals surface area contributed by atoms with Gasteiger partial charge in [-0.1, -0.05) is 11.6 Å². The van der Waals surface area contributed by atoms with E-state index in [1.807, 2.05) is 34.6 Å². The van der Waals surface area contributed by atoms with Crippen molar-refractivity contribution in [2.75, 3.05) is 13.7 Å². The summed E-state index contributed by atoms with van der Waals surface area (Å²) in [6.45, 7) is 10.0. The van der Waals surface area contributed by atoms with Crippen LogP contribution in [-0.2, 0) is 4.74 Å². The van der Waals surface area contributed by atoms with Gasteiger partial charge >= 0.3 is 6.09 Å². The molecule has 2 unspecified atom stereocenters. The Bertz CT molecular complexity index is 620. The van der Waals surface area contributed by atoms with E-state index in [1.165, 1.54) is 4.90 Å². The van der Waals surface area contributed by atoms with Gasteiger partial charge in [0.15, 0.2) is 0 Å². The molecule has 1 fully saturated rings. The Kier molecular flexibility index (Phi) is 4.83. The second-order valence-corrected chi connectivity index (χ2v) is 7.25. The highest BCUT2D eigenvalue weighted by Crippen LogP contribution is 2.46. The first-order chi connectivity index (χ1) is 10.6. The van der Waals surface area contributed by atoms with E-state index in [1.54, 1.807) is 13.2 Å². The van der Waals surface area contributed by atoms with Gasteiger partial charge in [-0.3, -0.25) is 4.90 Å². The Morgan fingerprint density at radius 3 is 2.48 bits per heavy atom. The summed E-state index contributed by atoms with van der Waals surface area (Å²) in [5, 5.41) is 10.2. The lowest BCUT2D eigenvalue weighted by Crippen LogP contribution is -2.46. The molecule has 0 aliphatic carbocycles. The molecule has 1 aromatic carbocycles. The fourth-order valence-corrected chi connectivity index (χ4v) is 3.30. The molecule has 0 saturated carbocycles. The monoisotopic (exact) mass is 341 g/mol. The number of hydrogen-bond acceptors (Lipinski definition) is 3. The number of benzene rings is 1. The van der Waals surface area contributed by atoms with E-state index in [0.29, 0.717) is 17.4 Å². The van der Waals surface area contributed by atoms with Crippen molar-refractivity contribution in [1.82, 2.24) is 4.90 Å². The molecule has 1 amide bonds. The van der Waals surface area contributed by atoms with Crippen LogP contribution in [0.3, 0.4) is 0 Å². The van der Waals surface area contributed by atoms with Crippen LogP contribution in [0.25, 0.3) is 0 Å². The average molecular weight is 342 g/mol. The molecular formula is C17H24ClNO4. The Morgan fingerprint density at radius 1 is 1.52 bits per heavy atom. The van der Waals surface area contributed by atoms with Crippen molar-refractivity contribution in [2.45, 2.75) is 52.3 Å². The van der Waals surface area contributed by atoms with Crippen molar-refractivity contribution in [1.29, 1.82) is 0 Å². The van der Waals surface area contributed by atoms with Crippen molar-refractivity contribution in [2.24, 2.45) is 0 Å². The smallest absolute Gasteiger partial charge is 0.408 e. The van der Waals surface area contributed by atoms with E-state index in [9.17, 15) is 9.90 Å². The molecule has 1 N–H and O–H groups in total. The first kappa shape index (κ1) is 17.9. The van der Waals surface area contributed by atoms with Crippen molar-refractivity contribution >= 4 is 17.7 Å². The molecule has 128 valence electrons. The van der Waals surface area contributed by atoms with Crippen molar-refractivity contribution in [3.05, 3.63) is 27.8 Å². The van der Waals surface area contributed by atoms with E-state index in [2.05, 4.69) is 0 Å². The molecule has 23 heavy (non-hydrogen) atoms. The van der Waals surface area contributed by atoms with E-state index in [4.69, 9.17) is 21.1 Å². The summed E-state index contributed by atoms with van der Waals surface area (Å²) in [7, 11) is 1.59. The summed E-state index contributed by atoms with van der Waals surface area (Å²) in [6.07, 6.45) is -1.00. The number of rotatable bonds is 4. The van der Waals surface area contributed by atoms with Crippen molar-refractivity contribution in [3.63, 3.8) is 0 Å². The lowest BCUT2D eigenvalue weighted by molar-refractivity contribution is 0.0745. The predicted octanol–water partition coefficient (Wildman–Crippen LogP) is 4.57. The summed E-state index contributed by atoms with van der Waals surface area (Å²) in [5.74, 6) is 0.664. The minimum absolute atomic E-state index is 0.0254. The summed E-state index contributed by atoms with van der Waals surface area (Å²) in [6, 6.07) is 1.39. The van der Waals surface area contributed by atoms with Crippen LogP contribution in [0, 0.1) is 6.92 Å². The minimum Gasteiger partial charge on any atom is -0.496 e. The number of amides is 1. The fraction of sp³-hybridized carbons (Fsp3) is 0.588. The zero-order valence-electron chi connectivity index (χ0n) is 14.4.